The van der Waals surface area contributed by atoms with Crippen molar-refractivity contribution >= 4 is 34.3 Å². The largest absolute Gasteiger partial charge is 0.481 e. The zero-order valence-electron chi connectivity index (χ0n) is 19.0. The molecule has 1 aromatic heterocycles. The van der Waals surface area contributed by atoms with Gasteiger partial charge in [0, 0.05) is 23.7 Å². The van der Waals surface area contributed by atoms with Gasteiger partial charge in [0.1, 0.15) is 5.78 Å². The van der Waals surface area contributed by atoms with E-state index in [1.54, 1.807) is 0 Å². The third-order valence-corrected chi connectivity index (χ3v) is 7.02. The highest BCUT2D eigenvalue weighted by Crippen LogP contribution is 2.38. The molecule has 164 valence electrons. The number of imidazole rings is 1. The highest BCUT2D eigenvalue weighted by Gasteiger charge is 2.35. The third-order valence-electron chi connectivity index (χ3n) is 5.81. The summed E-state index contributed by atoms with van der Waals surface area (Å²) in [6.07, 6.45) is 1.83. The number of carbonyl (C=O) groups is 2. The molecule has 1 heterocycles. The monoisotopic (exact) mass is 438 g/mol. The number of carboxylic acid groups (broad SMARTS) is 1. The molecule has 0 aliphatic carbocycles. The van der Waals surface area contributed by atoms with Crippen molar-refractivity contribution in [3.05, 3.63) is 53.9 Å². The third kappa shape index (κ3) is 4.69. The van der Waals surface area contributed by atoms with Crippen LogP contribution < -0.4 is 0 Å². The molecule has 6 heteroatoms. The van der Waals surface area contributed by atoms with Gasteiger partial charge in [-0.3, -0.25) is 14.2 Å². The van der Waals surface area contributed by atoms with E-state index in [1.807, 2.05) is 52.9 Å². The van der Waals surface area contributed by atoms with Crippen molar-refractivity contribution in [2.24, 2.45) is 11.8 Å². The second kappa shape index (κ2) is 8.87. The highest BCUT2D eigenvalue weighted by molar-refractivity contribution is 8.01. The number of carboxylic acids is 1. The number of ketones is 1. The van der Waals surface area contributed by atoms with E-state index in [2.05, 4.69) is 40.7 Å². The normalized spacial score (nSPS) is 13.0. The van der Waals surface area contributed by atoms with Crippen molar-refractivity contribution in [2.45, 2.75) is 57.9 Å². The Morgan fingerprint density at radius 1 is 1.10 bits per heavy atom. The molecule has 0 amide bonds. The Kier molecular flexibility index (Phi) is 6.60. The average Bonchev–Trinajstić information content (AvgIpc) is 3.05. The van der Waals surface area contributed by atoms with Gasteiger partial charge in [0.15, 0.2) is 5.16 Å². The van der Waals surface area contributed by atoms with Gasteiger partial charge < -0.3 is 5.11 Å². The topological polar surface area (TPSA) is 72.2 Å². The number of hydrogen-bond acceptors (Lipinski definition) is 4. The van der Waals surface area contributed by atoms with E-state index in [0.717, 1.165) is 21.9 Å². The lowest BCUT2D eigenvalue weighted by Gasteiger charge is -2.25. The minimum Gasteiger partial charge on any atom is -0.481 e. The number of nitrogens with zero attached hydrogens (tertiary/aromatic N) is 2. The van der Waals surface area contributed by atoms with Crippen LogP contribution in [0.1, 0.15) is 45.4 Å². The molecular formula is C25H30N2O3S. The van der Waals surface area contributed by atoms with E-state index >= 15 is 0 Å². The van der Waals surface area contributed by atoms with Crippen LogP contribution in [0.3, 0.4) is 0 Å². The Morgan fingerprint density at radius 3 is 2.35 bits per heavy atom. The number of aromatic nitrogens is 2. The van der Waals surface area contributed by atoms with Gasteiger partial charge in [-0.05, 0) is 50.6 Å². The molecule has 5 nitrogen and oxygen atoms in total. The second-order valence-electron chi connectivity index (χ2n) is 8.89. The van der Waals surface area contributed by atoms with Crippen LogP contribution in [0.5, 0.6) is 0 Å². The van der Waals surface area contributed by atoms with Crippen molar-refractivity contribution in [3.8, 4) is 5.69 Å². The maximum absolute atomic E-state index is 13.1. The quantitative estimate of drug-likeness (QED) is 0.448. The summed E-state index contributed by atoms with van der Waals surface area (Å²) in [5.41, 5.74) is 3.20. The van der Waals surface area contributed by atoms with Gasteiger partial charge in [0.05, 0.1) is 16.4 Å². The minimum atomic E-state index is -0.924. The van der Waals surface area contributed by atoms with Crippen molar-refractivity contribution in [1.82, 2.24) is 9.55 Å². The van der Waals surface area contributed by atoms with Crippen LogP contribution >= 0.6 is 11.8 Å². The zero-order valence-corrected chi connectivity index (χ0v) is 19.8. The summed E-state index contributed by atoms with van der Waals surface area (Å²) in [5.74, 6) is -1.80. The summed E-state index contributed by atoms with van der Waals surface area (Å²) in [5, 5.41) is 12.5. The molecule has 1 atom stereocenters. The van der Waals surface area contributed by atoms with E-state index in [9.17, 15) is 14.7 Å². The second-order valence-corrected chi connectivity index (χ2v) is 10.5. The summed E-state index contributed by atoms with van der Waals surface area (Å²) in [6, 6.07) is 12.5. The number of fused-ring (bicyclic) bond motifs is 1. The summed E-state index contributed by atoms with van der Waals surface area (Å²) in [6.45, 7) is 11.5. The number of thioether (sulfide) groups is 1. The molecule has 0 aliphatic heterocycles. The van der Waals surface area contributed by atoms with Gasteiger partial charge >= 0.3 is 5.97 Å². The fourth-order valence-electron chi connectivity index (χ4n) is 3.75. The fraction of sp³-hybridized carbons (Fsp3) is 0.400. The number of hydrogen-bond donors (Lipinski definition) is 1. The molecule has 0 saturated carbocycles. The molecule has 1 unspecified atom stereocenters. The first-order valence-electron chi connectivity index (χ1n) is 10.5. The molecule has 0 radical (unpaired) electrons. The Morgan fingerprint density at radius 2 is 1.74 bits per heavy atom. The van der Waals surface area contributed by atoms with Crippen LogP contribution in [-0.2, 0) is 9.59 Å². The van der Waals surface area contributed by atoms with Crippen molar-refractivity contribution in [1.29, 1.82) is 0 Å². The molecule has 31 heavy (non-hydrogen) atoms. The van der Waals surface area contributed by atoms with Gasteiger partial charge in [0.2, 0.25) is 0 Å². The van der Waals surface area contributed by atoms with Gasteiger partial charge in [0.25, 0.3) is 0 Å². The van der Waals surface area contributed by atoms with Gasteiger partial charge in [-0.2, -0.15) is 0 Å². The van der Waals surface area contributed by atoms with Crippen molar-refractivity contribution in [3.63, 3.8) is 0 Å². The molecule has 0 saturated heterocycles. The molecule has 0 spiro atoms. The van der Waals surface area contributed by atoms with E-state index in [4.69, 9.17) is 0 Å². The summed E-state index contributed by atoms with van der Waals surface area (Å²) >= 11 is 1.38. The Bertz CT molecular complexity index is 1130. The molecule has 0 aliphatic rings. The predicted molar refractivity (Wildman–Crippen MR) is 126 cm³/mol. The zero-order chi connectivity index (χ0) is 22.9. The van der Waals surface area contributed by atoms with Crippen LogP contribution in [0.15, 0.2) is 47.8 Å². The number of rotatable bonds is 8. The maximum atomic E-state index is 13.1. The van der Waals surface area contributed by atoms with Gasteiger partial charge in [-0.15, -0.1) is 0 Å². The van der Waals surface area contributed by atoms with Crippen molar-refractivity contribution < 1.29 is 14.7 Å². The number of aryl methyl sites for hydroxylation is 2. The Hall–Kier alpha value is -2.60. The molecule has 2 aromatic carbocycles. The van der Waals surface area contributed by atoms with Crippen LogP contribution in [0.25, 0.3) is 16.5 Å². The summed E-state index contributed by atoms with van der Waals surface area (Å²) < 4.78 is 1.28. The van der Waals surface area contributed by atoms with Crippen LogP contribution in [0.4, 0.5) is 0 Å². The molecule has 3 rings (SSSR count). The summed E-state index contributed by atoms with van der Waals surface area (Å²) in [7, 11) is 0. The smallest absolute Gasteiger partial charge is 0.307 e. The van der Waals surface area contributed by atoms with Gasteiger partial charge in [-0.1, -0.05) is 55.9 Å². The van der Waals surface area contributed by atoms with Crippen LogP contribution in [0.2, 0.25) is 0 Å². The summed E-state index contributed by atoms with van der Waals surface area (Å²) in [4.78, 5) is 29.3. The first kappa shape index (κ1) is 23.1. The number of aliphatic carboxylic acids is 1. The first-order chi connectivity index (χ1) is 14.5. The lowest BCUT2D eigenvalue weighted by atomic mass is 9.88. The van der Waals surface area contributed by atoms with Crippen molar-refractivity contribution in [2.75, 3.05) is 0 Å². The maximum Gasteiger partial charge on any atom is 0.307 e. The first-order valence-corrected chi connectivity index (χ1v) is 11.3. The molecule has 3 aromatic rings. The van der Waals surface area contributed by atoms with Gasteiger partial charge in [-0.25, -0.2) is 4.98 Å². The molecular weight excluding hydrogens is 408 g/mol. The van der Waals surface area contributed by atoms with E-state index in [-0.39, 0.29) is 18.1 Å². The van der Waals surface area contributed by atoms with E-state index in [0.29, 0.717) is 0 Å². The van der Waals surface area contributed by atoms with Crippen LogP contribution in [0, 0.1) is 25.7 Å². The lowest BCUT2D eigenvalue weighted by Crippen LogP contribution is -2.33. The van der Waals surface area contributed by atoms with Crippen LogP contribution in [-0.4, -0.2) is 31.2 Å². The molecule has 0 fully saturated rings. The Balaban J connectivity index is 1.98. The van der Waals surface area contributed by atoms with E-state index < -0.39 is 16.6 Å². The SMILES string of the molecule is Cc1ccc(-n2c(C)cnc2SC(C)(C)C(=O)CC(C(=O)O)C(C)C)c2ccccc12. The predicted octanol–water partition coefficient (Wildman–Crippen LogP) is 5.83. The lowest BCUT2D eigenvalue weighted by molar-refractivity contribution is -0.145. The average molecular weight is 439 g/mol. The standard InChI is InChI=1S/C25H30N2O3S/c1-15(2)20(23(29)30)13-22(28)25(5,6)31-24-26-14-17(4)27(24)21-12-11-16(3)18-9-7-8-10-19(18)21/h7-12,14-15,20H,13H2,1-6H3,(H,29,30). The fourth-order valence-corrected chi connectivity index (χ4v) is 4.84. The highest BCUT2D eigenvalue weighted by atomic mass is 32.2. The molecule has 0 bridgehead atoms. The van der Waals surface area contributed by atoms with E-state index in [1.165, 1.54) is 22.7 Å². The minimum absolute atomic E-state index is 0.0140. The number of benzene rings is 2. The Labute approximate surface area is 187 Å². The molecule has 1 N–H and O–H groups in total. The number of carbonyl (C=O) groups excluding carboxylic acids is 1. The number of Topliss-reactive ketones (excluding diaryl/α,β-unsaturated/α-hetero) is 1.